The Morgan fingerprint density at radius 3 is 2.30 bits per heavy atom. The number of benzene rings is 1. The van der Waals surface area contributed by atoms with E-state index in [2.05, 4.69) is 38.2 Å². The number of nitrogens with one attached hydrogen (secondary N) is 1. The first kappa shape index (κ1) is 19.3. The van der Waals surface area contributed by atoms with Crippen LogP contribution >= 0.6 is 24.2 Å². The summed E-state index contributed by atoms with van der Waals surface area (Å²) in [5, 5.41) is 2.92. The largest absolute Gasteiger partial charge is 0.354 e. The quantitative estimate of drug-likeness (QED) is 0.760. The predicted molar refractivity (Wildman–Crippen MR) is 89.7 cm³/mol. The summed E-state index contributed by atoms with van der Waals surface area (Å²) in [6.07, 6.45) is 1.74. The molecule has 5 heteroatoms. The van der Waals surface area contributed by atoms with Crippen molar-refractivity contribution in [1.29, 1.82) is 0 Å². The maximum Gasteiger partial charge on any atom is 0.230 e. The fourth-order valence-electron chi connectivity index (χ4n) is 1.61. The zero-order valence-electron chi connectivity index (χ0n) is 12.4. The van der Waals surface area contributed by atoms with Gasteiger partial charge in [-0.3, -0.25) is 4.79 Å². The van der Waals surface area contributed by atoms with Crippen molar-refractivity contribution in [3.05, 3.63) is 29.8 Å². The molecule has 1 rings (SSSR count). The summed E-state index contributed by atoms with van der Waals surface area (Å²) < 4.78 is 0. The van der Waals surface area contributed by atoms with E-state index in [9.17, 15) is 4.79 Å². The number of carbonyl (C=O) groups excluding carboxylic acids is 1. The molecule has 1 amide bonds. The third-order valence-electron chi connectivity index (χ3n) is 3.44. The summed E-state index contributed by atoms with van der Waals surface area (Å²) in [6, 6.07) is 8.19. The molecule has 0 saturated carbocycles. The highest BCUT2D eigenvalue weighted by Gasteiger charge is 2.20. The average molecular weight is 317 g/mol. The van der Waals surface area contributed by atoms with Crippen molar-refractivity contribution in [3.8, 4) is 0 Å². The average Bonchev–Trinajstić information content (AvgIpc) is 2.44. The summed E-state index contributed by atoms with van der Waals surface area (Å²) >= 11 is 1.55. The molecular formula is C15H25ClN2OS. The maximum absolute atomic E-state index is 11.8. The van der Waals surface area contributed by atoms with Gasteiger partial charge in [0, 0.05) is 17.0 Å². The molecule has 0 heterocycles. The Hall–Kier alpha value is -0.710. The number of nitrogens with two attached hydrogens (primary N) is 1. The Bertz CT molecular complexity index is 405. The molecule has 3 nitrogen and oxygen atoms in total. The molecule has 0 saturated heterocycles. The van der Waals surface area contributed by atoms with E-state index in [4.69, 9.17) is 5.73 Å². The Labute approximate surface area is 132 Å². The highest BCUT2D eigenvalue weighted by atomic mass is 35.5. The third-order valence-corrected chi connectivity index (χ3v) is 4.45. The van der Waals surface area contributed by atoms with E-state index in [-0.39, 0.29) is 23.9 Å². The van der Waals surface area contributed by atoms with Crippen LogP contribution in [0.5, 0.6) is 0 Å². The molecule has 0 spiro atoms. The first-order valence-electron chi connectivity index (χ1n) is 6.74. The number of rotatable bonds is 7. The lowest BCUT2D eigenvalue weighted by Gasteiger charge is -2.26. The lowest BCUT2D eigenvalue weighted by Crippen LogP contribution is -2.49. The number of halogens is 1. The first-order chi connectivity index (χ1) is 8.99. The van der Waals surface area contributed by atoms with Gasteiger partial charge in [0.15, 0.2) is 0 Å². The Kier molecular flexibility index (Phi) is 8.94. The third kappa shape index (κ3) is 6.64. The van der Waals surface area contributed by atoms with Crippen molar-refractivity contribution >= 4 is 30.1 Å². The Morgan fingerprint density at radius 1 is 1.25 bits per heavy atom. The molecule has 0 aliphatic carbocycles. The smallest absolute Gasteiger partial charge is 0.230 e. The van der Waals surface area contributed by atoms with E-state index in [1.807, 2.05) is 12.1 Å². The lowest BCUT2D eigenvalue weighted by molar-refractivity contribution is -0.118. The molecule has 1 aromatic carbocycles. The fraction of sp³-hybridized carbons (Fsp3) is 0.533. The molecule has 114 valence electrons. The van der Waals surface area contributed by atoms with Crippen LogP contribution in [0.15, 0.2) is 29.2 Å². The van der Waals surface area contributed by atoms with Gasteiger partial charge >= 0.3 is 0 Å². The van der Waals surface area contributed by atoms with Crippen LogP contribution in [0.2, 0.25) is 0 Å². The van der Waals surface area contributed by atoms with Gasteiger partial charge in [0.25, 0.3) is 0 Å². The molecule has 0 unspecified atom stereocenters. The van der Waals surface area contributed by atoms with Crippen LogP contribution in [0.4, 0.5) is 0 Å². The van der Waals surface area contributed by atoms with Crippen molar-refractivity contribution < 1.29 is 4.79 Å². The summed E-state index contributed by atoms with van der Waals surface area (Å²) in [7, 11) is 0. The van der Waals surface area contributed by atoms with Gasteiger partial charge in [-0.05, 0) is 31.9 Å². The standard InChI is InChI=1S/C15H24N2OS.ClH/c1-4-15(16,5-2)11-17-14(18)10-19-13-8-6-12(3)7-9-13;/h6-9H,4-5,10-11,16H2,1-3H3,(H,17,18);1H. The van der Waals surface area contributed by atoms with Gasteiger partial charge in [-0.1, -0.05) is 31.5 Å². The van der Waals surface area contributed by atoms with E-state index in [0.29, 0.717) is 12.3 Å². The number of hydrogen-bond donors (Lipinski definition) is 2. The van der Waals surface area contributed by atoms with Gasteiger partial charge in [-0.15, -0.1) is 24.2 Å². The van der Waals surface area contributed by atoms with E-state index in [1.54, 1.807) is 11.8 Å². The molecule has 1 aromatic rings. The molecule has 20 heavy (non-hydrogen) atoms. The number of hydrogen-bond acceptors (Lipinski definition) is 3. The second-order valence-electron chi connectivity index (χ2n) is 4.95. The number of aryl methyl sites for hydroxylation is 1. The summed E-state index contributed by atoms with van der Waals surface area (Å²) in [4.78, 5) is 12.9. The molecule has 0 radical (unpaired) electrons. The first-order valence-corrected chi connectivity index (χ1v) is 7.72. The second kappa shape index (κ2) is 9.27. The molecule has 0 atom stereocenters. The molecular weight excluding hydrogens is 292 g/mol. The SMILES string of the molecule is CCC(N)(CC)CNC(=O)CSc1ccc(C)cc1.Cl. The van der Waals surface area contributed by atoms with Crippen molar-refractivity contribution in [3.63, 3.8) is 0 Å². The monoisotopic (exact) mass is 316 g/mol. The van der Waals surface area contributed by atoms with Gasteiger partial charge in [-0.2, -0.15) is 0 Å². The van der Waals surface area contributed by atoms with Gasteiger partial charge in [0.1, 0.15) is 0 Å². The maximum atomic E-state index is 11.8. The molecule has 3 N–H and O–H groups in total. The van der Waals surface area contributed by atoms with Gasteiger partial charge in [0.05, 0.1) is 5.75 Å². The molecule has 0 aliphatic heterocycles. The van der Waals surface area contributed by atoms with Crippen LogP contribution in [-0.2, 0) is 4.79 Å². The highest BCUT2D eigenvalue weighted by molar-refractivity contribution is 8.00. The van der Waals surface area contributed by atoms with Crippen molar-refractivity contribution in [2.24, 2.45) is 5.73 Å². The number of carbonyl (C=O) groups is 1. The van der Waals surface area contributed by atoms with Crippen molar-refractivity contribution in [2.45, 2.75) is 44.0 Å². The van der Waals surface area contributed by atoms with E-state index < -0.39 is 0 Å². The predicted octanol–water partition coefficient (Wildman–Crippen LogP) is 3.14. The minimum atomic E-state index is -0.274. The molecule has 0 aliphatic rings. The second-order valence-corrected chi connectivity index (χ2v) is 6.00. The zero-order chi connectivity index (χ0) is 14.3. The van der Waals surface area contributed by atoms with Gasteiger partial charge in [0.2, 0.25) is 5.91 Å². The minimum absolute atomic E-state index is 0. The molecule has 0 bridgehead atoms. The van der Waals surface area contributed by atoms with E-state index in [1.165, 1.54) is 5.56 Å². The topological polar surface area (TPSA) is 55.1 Å². The molecule has 0 aromatic heterocycles. The fourth-order valence-corrected chi connectivity index (χ4v) is 2.34. The van der Waals surface area contributed by atoms with E-state index in [0.717, 1.165) is 17.7 Å². The van der Waals surface area contributed by atoms with Crippen molar-refractivity contribution in [2.75, 3.05) is 12.3 Å². The van der Waals surface area contributed by atoms with Crippen LogP contribution in [0.25, 0.3) is 0 Å². The summed E-state index contributed by atoms with van der Waals surface area (Å²) in [6.45, 7) is 6.71. The van der Waals surface area contributed by atoms with Crippen LogP contribution in [0.1, 0.15) is 32.3 Å². The van der Waals surface area contributed by atoms with Crippen molar-refractivity contribution in [1.82, 2.24) is 5.32 Å². The lowest BCUT2D eigenvalue weighted by atomic mass is 9.94. The normalized spacial score (nSPS) is 10.8. The summed E-state index contributed by atoms with van der Waals surface area (Å²) in [5.74, 6) is 0.481. The number of amides is 1. The van der Waals surface area contributed by atoms with Crippen LogP contribution in [0.3, 0.4) is 0 Å². The minimum Gasteiger partial charge on any atom is -0.354 e. The van der Waals surface area contributed by atoms with E-state index >= 15 is 0 Å². The Balaban J connectivity index is 0.00000361. The van der Waals surface area contributed by atoms with Crippen LogP contribution in [-0.4, -0.2) is 23.7 Å². The Morgan fingerprint density at radius 2 is 1.80 bits per heavy atom. The van der Waals surface area contributed by atoms with Crippen LogP contribution in [0, 0.1) is 6.92 Å². The zero-order valence-corrected chi connectivity index (χ0v) is 14.1. The number of thioether (sulfide) groups is 1. The van der Waals surface area contributed by atoms with Crippen LogP contribution < -0.4 is 11.1 Å². The van der Waals surface area contributed by atoms with Gasteiger partial charge < -0.3 is 11.1 Å². The molecule has 0 fully saturated rings. The summed E-state index contributed by atoms with van der Waals surface area (Å²) in [5.41, 5.74) is 7.10. The van der Waals surface area contributed by atoms with Gasteiger partial charge in [-0.25, -0.2) is 0 Å². The highest BCUT2D eigenvalue weighted by Crippen LogP contribution is 2.18.